The molecule has 5 rings (SSSR count). The monoisotopic (exact) mass is 596 g/mol. The molecule has 3 heterocycles. The minimum Gasteiger partial charge on any atom is -0.497 e. The Bertz CT molecular complexity index is 1340. The van der Waals surface area contributed by atoms with Crippen LogP contribution in [0.25, 0.3) is 0 Å². The third kappa shape index (κ3) is 4.60. The van der Waals surface area contributed by atoms with E-state index < -0.39 is 0 Å². The van der Waals surface area contributed by atoms with Gasteiger partial charge in [-0.05, 0) is 109 Å². The van der Waals surface area contributed by atoms with Gasteiger partial charge >= 0.3 is 0 Å². The van der Waals surface area contributed by atoms with Gasteiger partial charge in [-0.1, -0.05) is 6.07 Å². The maximum atomic E-state index is 6.03. The van der Waals surface area contributed by atoms with Gasteiger partial charge in [-0.3, -0.25) is 4.98 Å². The number of aromatic amines is 1. The molecule has 1 aliphatic rings. The molecule has 35 heavy (non-hydrogen) atoms. The van der Waals surface area contributed by atoms with E-state index in [1.165, 1.54) is 9.13 Å². The fourth-order valence-corrected chi connectivity index (χ4v) is 5.71. The number of H-pyrrole nitrogens is 1. The first-order valence-electron chi connectivity index (χ1n) is 11.2. The third-order valence-corrected chi connectivity index (χ3v) is 7.85. The first-order chi connectivity index (χ1) is 17.0. The van der Waals surface area contributed by atoms with Crippen molar-refractivity contribution in [1.29, 1.82) is 0 Å². The summed E-state index contributed by atoms with van der Waals surface area (Å²) in [5, 5.41) is 4.20. The Morgan fingerprint density at radius 3 is 2.14 bits per heavy atom. The number of nitrogens with zero attached hydrogens (tertiary/aromatic N) is 2. The molecule has 1 aliphatic heterocycles. The number of benzene rings is 2. The highest BCUT2D eigenvalue weighted by atomic mass is 127. The molecule has 2 unspecified atom stereocenters. The summed E-state index contributed by atoms with van der Waals surface area (Å²) in [6.45, 7) is 4.22. The van der Waals surface area contributed by atoms with Gasteiger partial charge in [0.05, 0.1) is 24.9 Å². The number of aryl methyl sites for hydroxylation is 2. The summed E-state index contributed by atoms with van der Waals surface area (Å²) < 4.78 is 12.5. The topological polar surface area (TPSA) is 62.4 Å². The number of hydrogen-bond donors (Lipinski definition) is 2. The minimum absolute atomic E-state index is 0.0531. The molecule has 2 aromatic heterocycles. The van der Waals surface area contributed by atoms with E-state index in [9.17, 15) is 0 Å². The molecule has 2 atom stereocenters. The van der Waals surface area contributed by atoms with Crippen molar-refractivity contribution in [3.05, 3.63) is 99.1 Å². The zero-order chi connectivity index (χ0) is 24.5. The van der Waals surface area contributed by atoms with Crippen molar-refractivity contribution in [1.82, 2.24) is 15.3 Å². The smallest absolute Gasteiger partial charge is 0.174 e. The molecular formula is C27H25IN4O2S. The molecule has 6 nitrogen and oxygen atoms in total. The Kier molecular flexibility index (Phi) is 6.66. The Balaban J connectivity index is 1.49. The van der Waals surface area contributed by atoms with E-state index in [2.05, 4.69) is 56.6 Å². The van der Waals surface area contributed by atoms with Crippen LogP contribution in [0.5, 0.6) is 17.2 Å². The van der Waals surface area contributed by atoms with Crippen LogP contribution in [-0.4, -0.2) is 22.2 Å². The summed E-state index contributed by atoms with van der Waals surface area (Å²) in [6.07, 6.45) is 1.82. The van der Waals surface area contributed by atoms with Crippen LogP contribution in [0.3, 0.4) is 0 Å². The first-order valence-corrected chi connectivity index (χ1v) is 12.7. The normalized spacial score (nSPS) is 17.4. The molecule has 0 saturated carbocycles. The number of pyridine rings is 1. The van der Waals surface area contributed by atoms with Gasteiger partial charge in [0.25, 0.3) is 0 Å². The van der Waals surface area contributed by atoms with Crippen LogP contribution in [0.15, 0.2) is 72.9 Å². The second kappa shape index (κ2) is 9.87. The number of hydrogen-bond acceptors (Lipinski definition) is 4. The lowest BCUT2D eigenvalue weighted by Crippen LogP contribution is -2.29. The molecule has 1 fully saturated rings. The SMILES string of the molecule is COc1ccc(Oc2ccc(N3C(=S)NC(c4ccccn4)C3c3c(C)[nH]c(C)c3I)cc2)cc1. The van der Waals surface area contributed by atoms with Gasteiger partial charge in [-0.25, -0.2) is 0 Å². The highest BCUT2D eigenvalue weighted by Crippen LogP contribution is 2.45. The summed E-state index contributed by atoms with van der Waals surface area (Å²) in [7, 11) is 1.65. The zero-order valence-corrected chi connectivity index (χ0v) is 22.6. The van der Waals surface area contributed by atoms with Gasteiger partial charge < -0.3 is 24.7 Å². The number of halogens is 1. The van der Waals surface area contributed by atoms with Crippen molar-refractivity contribution >= 4 is 45.6 Å². The van der Waals surface area contributed by atoms with Crippen LogP contribution in [0.2, 0.25) is 0 Å². The highest BCUT2D eigenvalue weighted by Gasteiger charge is 2.43. The molecule has 0 aliphatic carbocycles. The molecule has 0 spiro atoms. The summed E-state index contributed by atoms with van der Waals surface area (Å²) in [6, 6.07) is 21.4. The molecular weight excluding hydrogens is 571 g/mol. The number of ether oxygens (including phenoxy) is 2. The standard InChI is InChI=1S/C27H25IN4O2S/c1-16-23(24(28)17(2)30-16)26-25(22-6-4-5-15-29-22)31-27(35)32(26)18-7-9-20(10-8-18)34-21-13-11-19(33-3)12-14-21/h4-15,25-26,30H,1-3H3,(H,31,35). The molecule has 0 radical (unpaired) electrons. The van der Waals surface area contributed by atoms with E-state index >= 15 is 0 Å². The minimum atomic E-state index is -0.0821. The van der Waals surface area contributed by atoms with Crippen molar-refractivity contribution < 1.29 is 9.47 Å². The van der Waals surface area contributed by atoms with Gasteiger partial charge in [0.2, 0.25) is 0 Å². The van der Waals surface area contributed by atoms with Crippen LogP contribution in [0, 0.1) is 17.4 Å². The van der Waals surface area contributed by atoms with Crippen LogP contribution in [0.1, 0.15) is 34.7 Å². The Hall–Kier alpha value is -3.11. The van der Waals surface area contributed by atoms with Crippen molar-refractivity contribution in [2.45, 2.75) is 25.9 Å². The second-order valence-corrected chi connectivity index (χ2v) is 9.84. The van der Waals surface area contributed by atoms with Crippen LogP contribution in [-0.2, 0) is 0 Å². The van der Waals surface area contributed by atoms with E-state index in [-0.39, 0.29) is 12.1 Å². The quantitative estimate of drug-likeness (QED) is 0.193. The molecule has 1 saturated heterocycles. The number of anilines is 1. The molecule has 0 bridgehead atoms. The predicted molar refractivity (Wildman–Crippen MR) is 150 cm³/mol. The average molecular weight is 596 g/mol. The van der Waals surface area contributed by atoms with Gasteiger partial charge in [-0.15, -0.1) is 0 Å². The third-order valence-electron chi connectivity index (χ3n) is 6.15. The Morgan fingerprint density at radius 2 is 1.57 bits per heavy atom. The maximum absolute atomic E-state index is 6.03. The lowest BCUT2D eigenvalue weighted by atomic mass is 9.96. The van der Waals surface area contributed by atoms with E-state index in [4.69, 9.17) is 21.7 Å². The largest absolute Gasteiger partial charge is 0.497 e. The lowest BCUT2D eigenvalue weighted by Gasteiger charge is -2.28. The van der Waals surface area contributed by atoms with E-state index in [0.29, 0.717) is 5.11 Å². The summed E-state index contributed by atoms with van der Waals surface area (Å²) >= 11 is 8.29. The van der Waals surface area contributed by atoms with Crippen LogP contribution in [0.4, 0.5) is 5.69 Å². The number of aromatic nitrogens is 2. The molecule has 4 aromatic rings. The zero-order valence-electron chi connectivity index (χ0n) is 19.6. The van der Waals surface area contributed by atoms with Crippen LogP contribution < -0.4 is 19.7 Å². The summed E-state index contributed by atoms with van der Waals surface area (Å²) in [5.74, 6) is 2.29. The molecule has 2 N–H and O–H groups in total. The Morgan fingerprint density at radius 1 is 0.914 bits per heavy atom. The number of nitrogens with one attached hydrogen (secondary N) is 2. The number of thiocarbonyl (C=S) groups is 1. The van der Waals surface area contributed by atoms with Crippen molar-refractivity contribution in [2.75, 3.05) is 12.0 Å². The predicted octanol–water partition coefficient (Wildman–Crippen LogP) is 6.61. The highest BCUT2D eigenvalue weighted by molar-refractivity contribution is 14.1. The molecule has 8 heteroatoms. The number of rotatable bonds is 6. The van der Waals surface area contributed by atoms with Gasteiger partial charge in [0, 0.05) is 32.4 Å². The first kappa shape index (κ1) is 23.6. The Labute approximate surface area is 223 Å². The fraction of sp³-hybridized carbons (Fsp3) is 0.185. The molecule has 0 amide bonds. The van der Waals surface area contributed by atoms with Gasteiger partial charge in [0.15, 0.2) is 5.11 Å². The average Bonchev–Trinajstić information content (AvgIpc) is 3.34. The van der Waals surface area contributed by atoms with Gasteiger partial charge in [0.1, 0.15) is 17.2 Å². The molecule has 178 valence electrons. The van der Waals surface area contributed by atoms with E-state index in [1.807, 2.05) is 72.9 Å². The lowest BCUT2D eigenvalue weighted by molar-refractivity contribution is 0.413. The summed E-state index contributed by atoms with van der Waals surface area (Å²) in [5.41, 5.74) is 5.45. The second-order valence-electron chi connectivity index (χ2n) is 8.37. The van der Waals surface area contributed by atoms with E-state index in [0.717, 1.165) is 40.0 Å². The van der Waals surface area contributed by atoms with Crippen molar-refractivity contribution in [2.24, 2.45) is 0 Å². The van der Waals surface area contributed by atoms with Crippen molar-refractivity contribution in [3.63, 3.8) is 0 Å². The maximum Gasteiger partial charge on any atom is 0.174 e. The molecule has 2 aromatic carbocycles. The van der Waals surface area contributed by atoms with Crippen molar-refractivity contribution in [3.8, 4) is 17.2 Å². The van der Waals surface area contributed by atoms with Crippen LogP contribution >= 0.6 is 34.8 Å². The fourth-order valence-electron chi connectivity index (χ4n) is 4.50. The van der Waals surface area contributed by atoms with Gasteiger partial charge in [-0.2, -0.15) is 0 Å². The summed E-state index contributed by atoms with van der Waals surface area (Å²) in [4.78, 5) is 10.3. The number of methoxy groups -OCH3 is 1. The van der Waals surface area contributed by atoms with E-state index in [1.54, 1.807) is 7.11 Å².